The van der Waals surface area contributed by atoms with Gasteiger partial charge in [0.25, 0.3) is 0 Å². The van der Waals surface area contributed by atoms with Crippen LogP contribution in [0.1, 0.15) is 23.9 Å². The summed E-state index contributed by atoms with van der Waals surface area (Å²) in [6, 6.07) is 17.2. The van der Waals surface area contributed by atoms with Gasteiger partial charge in [-0.2, -0.15) is 5.10 Å². The molecule has 1 N–H and O–H groups in total. The Balaban J connectivity index is 1.68. The molecule has 0 bridgehead atoms. The lowest BCUT2D eigenvalue weighted by atomic mass is 10.0. The van der Waals surface area contributed by atoms with Crippen LogP contribution in [0.15, 0.2) is 54.6 Å². The maximum Gasteiger partial charge on any atom is 0.322 e. The van der Waals surface area contributed by atoms with Crippen molar-refractivity contribution in [3.05, 3.63) is 71.5 Å². The summed E-state index contributed by atoms with van der Waals surface area (Å²) in [6.07, 6.45) is 0.891. The highest BCUT2D eigenvalue weighted by atomic mass is 16.5. The van der Waals surface area contributed by atoms with Gasteiger partial charge in [-0.1, -0.05) is 37.3 Å². The fourth-order valence-electron chi connectivity index (χ4n) is 4.30. The number of aromatic nitrogens is 2. The number of carbonyl (C=O) groups is 1. The van der Waals surface area contributed by atoms with E-state index in [9.17, 15) is 4.79 Å². The van der Waals surface area contributed by atoms with E-state index in [0.29, 0.717) is 19.7 Å². The van der Waals surface area contributed by atoms with Crippen molar-refractivity contribution in [2.24, 2.45) is 0 Å². The number of nitrogens with one attached hydrogen (secondary N) is 1. The number of ether oxygens (including phenoxy) is 2. The monoisotopic (exact) mass is 463 g/mol. The maximum atomic E-state index is 13.2. The van der Waals surface area contributed by atoms with Crippen LogP contribution in [-0.4, -0.2) is 66.1 Å². The quantitative estimate of drug-likeness (QED) is 0.521. The molecule has 2 heterocycles. The summed E-state index contributed by atoms with van der Waals surface area (Å²) in [6.45, 7) is 6.24. The number of hydrogen-bond donors (Lipinski definition) is 1. The predicted octanol–water partition coefficient (Wildman–Crippen LogP) is 3.94. The van der Waals surface area contributed by atoms with E-state index in [2.05, 4.69) is 17.1 Å². The number of benzene rings is 2. The summed E-state index contributed by atoms with van der Waals surface area (Å²) in [5.74, 6) is 0.773. The van der Waals surface area contributed by atoms with Crippen molar-refractivity contribution in [3.8, 4) is 11.4 Å². The number of amides is 2. The minimum absolute atomic E-state index is 0.174. The summed E-state index contributed by atoms with van der Waals surface area (Å²) in [5, 5.41) is 8.02. The molecule has 34 heavy (non-hydrogen) atoms. The van der Waals surface area contributed by atoms with E-state index in [0.717, 1.165) is 48.9 Å². The number of methoxy groups -OCH3 is 2. The molecule has 1 aromatic heterocycles. The summed E-state index contributed by atoms with van der Waals surface area (Å²) >= 11 is 0. The van der Waals surface area contributed by atoms with Crippen molar-refractivity contribution in [2.75, 3.05) is 45.8 Å². The van der Waals surface area contributed by atoms with E-state index in [1.807, 2.05) is 59.3 Å². The third-order valence-electron chi connectivity index (χ3n) is 6.20. The molecule has 0 fully saturated rings. The van der Waals surface area contributed by atoms with Crippen LogP contribution in [-0.2, 0) is 24.2 Å². The van der Waals surface area contributed by atoms with Gasteiger partial charge < -0.3 is 19.7 Å². The number of urea groups is 1. The largest absolute Gasteiger partial charge is 0.494 e. The average Bonchev–Trinajstić information content (AvgIpc) is 3.24. The van der Waals surface area contributed by atoms with Crippen molar-refractivity contribution in [3.63, 3.8) is 0 Å². The van der Waals surface area contributed by atoms with Gasteiger partial charge in [0.2, 0.25) is 0 Å². The van der Waals surface area contributed by atoms with Crippen molar-refractivity contribution < 1.29 is 14.3 Å². The smallest absolute Gasteiger partial charge is 0.322 e. The zero-order valence-electron chi connectivity index (χ0n) is 20.2. The van der Waals surface area contributed by atoms with Crippen LogP contribution in [0.4, 0.5) is 10.5 Å². The first-order valence-corrected chi connectivity index (χ1v) is 11.7. The van der Waals surface area contributed by atoms with Crippen LogP contribution in [0.3, 0.4) is 0 Å². The fraction of sp³-hybridized carbons (Fsp3) is 0.385. The number of likely N-dealkylation sites (N-methyl/N-ethyl adjacent to an activating group) is 1. The van der Waals surface area contributed by atoms with Gasteiger partial charge in [0.1, 0.15) is 11.4 Å². The number of nitrogens with zero attached hydrogens (tertiary/aromatic N) is 4. The lowest BCUT2D eigenvalue weighted by Crippen LogP contribution is -2.37. The van der Waals surface area contributed by atoms with Gasteiger partial charge in [0, 0.05) is 44.4 Å². The standard InChI is InChI=1S/C26H33N5O3/c1-4-29-15-14-23-21(18-29)22(28-31(23)24-12-8-9-13-25(24)34-3)19-30(16-17-33-2)26(32)27-20-10-6-5-7-11-20/h5-13H,4,14-19H2,1-3H3,(H,27,32). The zero-order valence-corrected chi connectivity index (χ0v) is 20.2. The molecule has 180 valence electrons. The number of carbonyl (C=O) groups excluding carboxylic acids is 1. The van der Waals surface area contributed by atoms with E-state index in [-0.39, 0.29) is 6.03 Å². The highest BCUT2D eigenvalue weighted by Gasteiger charge is 2.28. The molecule has 0 saturated carbocycles. The molecule has 3 aromatic rings. The Labute approximate surface area is 201 Å². The number of anilines is 1. The Kier molecular flexibility index (Phi) is 7.82. The summed E-state index contributed by atoms with van der Waals surface area (Å²) < 4.78 is 12.9. The first-order chi connectivity index (χ1) is 16.6. The second-order valence-corrected chi connectivity index (χ2v) is 8.28. The van der Waals surface area contributed by atoms with Gasteiger partial charge in [-0.3, -0.25) is 4.90 Å². The van der Waals surface area contributed by atoms with Gasteiger partial charge >= 0.3 is 6.03 Å². The topological polar surface area (TPSA) is 71.9 Å². The Morgan fingerprint density at radius 2 is 1.88 bits per heavy atom. The number of fused-ring (bicyclic) bond motifs is 1. The normalized spacial score (nSPS) is 13.4. The molecule has 0 aliphatic carbocycles. The van der Waals surface area contributed by atoms with E-state index >= 15 is 0 Å². The molecular formula is C26H33N5O3. The second kappa shape index (κ2) is 11.2. The zero-order chi connectivity index (χ0) is 23.9. The Bertz CT molecular complexity index is 1100. The molecule has 0 atom stereocenters. The lowest BCUT2D eigenvalue weighted by Gasteiger charge is -2.27. The number of rotatable bonds is 9. The van der Waals surface area contributed by atoms with Crippen molar-refractivity contribution in [1.29, 1.82) is 0 Å². The van der Waals surface area contributed by atoms with Gasteiger partial charge in [-0.25, -0.2) is 9.48 Å². The van der Waals surface area contributed by atoms with E-state index in [4.69, 9.17) is 14.6 Å². The van der Waals surface area contributed by atoms with E-state index < -0.39 is 0 Å². The molecule has 4 rings (SSSR count). The highest BCUT2D eigenvalue weighted by molar-refractivity contribution is 5.89. The van der Waals surface area contributed by atoms with Crippen LogP contribution >= 0.6 is 0 Å². The molecule has 2 aromatic carbocycles. The second-order valence-electron chi connectivity index (χ2n) is 8.28. The predicted molar refractivity (Wildman–Crippen MR) is 133 cm³/mol. The third kappa shape index (κ3) is 5.24. The molecule has 8 heteroatoms. The highest BCUT2D eigenvalue weighted by Crippen LogP contribution is 2.30. The Morgan fingerprint density at radius 1 is 1.12 bits per heavy atom. The fourth-order valence-corrected chi connectivity index (χ4v) is 4.30. The van der Waals surface area contributed by atoms with Gasteiger partial charge in [-0.05, 0) is 30.8 Å². The van der Waals surface area contributed by atoms with E-state index in [1.165, 1.54) is 11.3 Å². The molecule has 0 radical (unpaired) electrons. The maximum absolute atomic E-state index is 13.2. The van der Waals surface area contributed by atoms with Gasteiger partial charge in [-0.15, -0.1) is 0 Å². The molecule has 1 aliphatic rings. The van der Waals surface area contributed by atoms with Gasteiger partial charge in [0.05, 0.1) is 31.6 Å². The van der Waals surface area contributed by atoms with Crippen molar-refractivity contribution in [1.82, 2.24) is 19.6 Å². The molecule has 8 nitrogen and oxygen atoms in total. The summed E-state index contributed by atoms with van der Waals surface area (Å²) in [5.41, 5.74) is 4.94. The summed E-state index contributed by atoms with van der Waals surface area (Å²) in [4.78, 5) is 17.3. The minimum atomic E-state index is -0.174. The van der Waals surface area contributed by atoms with Gasteiger partial charge in [0.15, 0.2) is 0 Å². The van der Waals surface area contributed by atoms with Crippen LogP contribution in [0.5, 0.6) is 5.75 Å². The molecular weight excluding hydrogens is 430 g/mol. The first kappa shape index (κ1) is 23.8. The van der Waals surface area contributed by atoms with Crippen LogP contribution in [0.2, 0.25) is 0 Å². The summed E-state index contributed by atoms with van der Waals surface area (Å²) in [7, 11) is 3.32. The molecule has 1 aliphatic heterocycles. The lowest BCUT2D eigenvalue weighted by molar-refractivity contribution is 0.152. The third-order valence-corrected chi connectivity index (χ3v) is 6.20. The van der Waals surface area contributed by atoms with Crippen molar-refractivity contribution >= 4 is 11.7 Å². The number of hydrogen-bond acceptors (Lipinski definition) is 5. The van der Waals surface area contributed by atoms with Crippen LogP contribution in [0.25, 0.3) is 5.69 Å². The molecule has 2 amide bonds. The number of para-hydroxylation sites is 3. The van der Waals surface area contributed by atoms with Crippen LogP contribution < -0.4 is 10.1 Å². The Hall–Kier alpha value is -3.36. The molecule has 0 spiro atoms. The Morgan fingerprint density at radius 3 is 2.62 bits per heavy atom. The van der Waals surface area contributed by atoms with Crippen molar-refractivity contribution in [2.45, 2.75) is 26.4 Å². The molecule has 0 saturated heterocycles. The van der Waals surface area contributed by atoms with Crippen LogP contribution in [0, 0.1) is 0 Å². The minimum Gasteiger partial charge on any atom is -0.494 e. The van der Waals surface area contributed by atoms with E-state index in [1.54, 1.807) is 19.1 Å². The average molecular weight is 464 g/mol. The first-order valence-electron chi connectivity index (χ1n) is 11.7. The SMILES string of the molecule is CCN1CCc2c(c(CN(CCOC)C(=O)Nc3ccccc3)nn2-c2ccccc2OC)C1. The molecule has 0 unspecified atom stereocenters.